The van der Waals surface area contributed by atoms with Crippen molar-refractivity contribution in [1.29, 1.82) is 5.26 Å². The number of carboxylic acids is 1. The molecule has 0 aromatic carbocycles. The van der Waals surface area contributed by atoms with Gasteiger partial charge in [0, 0.05) is 12.2 Å². The second-order valence-corrected chi connectivity index (χ2v) is 5.75. The van der Waals surface area contributed by atoms with Crippen molar-refractivity contribution in [3.8, 4) is 6.07 Å². The van der Waals surface area contributed by atoms with Crippen molar-refractivity contribution in [2.24, 2.45) is 5.41 Å². The van der Waals surface area contributed by atoms with E-state index in [-0.39, 0.29) is 0 Å². The van der Waals surface area contributed by atoms with E-state index in [0.29, 0.717) is 30.8 Å². The van der Waals surface area contributed by atoms with Gasteiger partial charge in [0.05, 0.1) is 11.0 Å². The van der Waals surface area contributed by atoms with Crippen molar-refractivity contribution >= 4 is 11.8 Å². The van der Waals surface area contributed by atoms with Crippen molar-refractivity contribution in [1.82, 2.24) is 4.98 Å². The third-order valence-electron chi connectivity index (χ3n) is 4.53. The molecule has 2 N–H and O–H groups in total. The van der Waals surface area contributed by atoms with Crippen LogP contribution in [0.4, 0.5) is 5.82 Å². The highest BCUT2D eigenvalue weighted by atomic mass is 16.4. The Morgan fingerprint density at radius 1 is 1.45 bits per heavy atom. The van der Waals surface area contributed by atoms with Gasteiger partial charge in [-0.2, -0.15) is 5.26 Å². The number of nitrogens with zero attached hydrogens (tertiary/aromatic N) is 2. The first-order valence-corrected chi connectivity index (χ1v) is 7.05. The Hall–Kier alpha value is -2.09. The Kier molecular flexibility index (Phi) is 3.09. The Balaban J connectivity index is 1.81. The molecule has 20 heavy (non-hydrogen) atoms. The molecule has 0 spiro atoms. The molecule has 3 rings (SSSR count). The van der Waals surface area contributed by atoms with Crippen LogP contribution in [0.25, 0.3) is 0 Å². The molecule has 2 aliphatic rings. The lowest BCUT2D eigenvalue weighted by atomic mass is 9.69. The van der Waals surface area contributed by atoms with Gasteiger partial charge in [-0.05, 0) is 43.7 Å². The topological polar surface area (TPSA) is 86.0 Å². The zero-order valence-corrected chi connectivity index (χ0v) is 11.3. The molecular formula is C15H17N3O2. The summed E-state index contributed by atoms with van der Waals surface area (Å²) >= 11 is 0. The van der Waals surface area contributed by atoms with Gasteiger partial charge in [-0.25, -0.2) is 4.98 Å². The van der Waals surface area contributed by atoms with Gasteiger partial charge in [0.15, 0.2) is 0 Å². The Morgan fingerprint density at radius 3 is 2.85 bits per heavy atom. The van der Waals surface area contributed by atoms with E-state index in [4.69, 9.17) is 0 Å². The minimum atomic E-state index is -0.754. The number of hydrogen-bond acceptors (Lipinski definition) is 4. The summed E-state index contributed by atoms with van der Waals surface area (Å²) in [6.07, 6.45) is 5.35. The second-order valence-electron chi connectivity index (χ2n) is 5.75. The van der Waals surface area contributed by atoms with Gasteiger partial charge in [0.2, 0.25) is 0 Å². The lowest BCUT2D eigenvalue weighted by Gasteiger charge is -2.37. The molecule has 0 unspecified atom stereocenters. The quantitative estimate of drug-likeness (QED) is 0.876. The predicted octanol–water partition coefficient (Wildman–Crippen LogP) is 2.11. The first-order valence-electron chi connectivity index (χ1n) is 7.05. The number of anilines is 1. The third kappa shape index (κ3) is 2.01. The normalized spacial score (nSPS) is 18.8. The van der Waals surface area contributed by atoms with Gasteiger partial charge in [0.1, 0.15) is 11.9 Å². The van der Waals surface area contributed by atoms with Crippen LogP contribution in [-0.4, -0.2) is 22.6 Å². The Labute approximate surface area is 117 Å². The second kappa shape index (κ2) is 4.78. The first-order chi connectivity index (χ1) is 9.64. The van der Waals surface area contributed by atoms with Gasteiger partial charge >= 0.3 is 5.97 Å². The standard InChI is InChI=1S/C15H17N3O2/c16-8-11-7-10-3-1-4-12(10)18-13(11)17-9-15(14(19)20)5-2-6-15/h7H,1-6,9H2,(H,17,18)(H,19,20). The molecule has 1 aromatic heterocycles. The Morgan fingerprint density at radius 2 is 2.25 bits per heavy atom. The summed E-state index contributed by atoms with van der Waals surface area (Å²) in [5, 5.41) is 21.6. The van der Waals surface area contributed by atoms with Crippen LogP contribution in [0.5, 0.6) is 0 Å². The number of pyridine rings is 1. The van der Waals surface area contributed by atoms with Crippen LogP contribution in [0.2, 0.25) is 0 Å². The van der Waals surface area contributed by atoms with Crippen molar-refractivity contribution in [3.63, 3.8) is 0 Å². The van der Waals surface area contributed by atoms with Gasteiger partial charge in [-0.1, -0.05) is 6.42 Å². The van der Waals surface area contributed by atoms with Crippen LogP contribution in [0.3, 0.4) is 0 Å². The summed E-state index contributed by atoms with van der Waals surface area (Å²) in [4.78, 5) is 15.9. The van der Waals surface area contributed by atoms with E-state index in [9.17, 15) is 15.2 Å². The van der Waals surface area contributed by atoms with E-state index in [2.05, 4.69) is 16.4 Å². The molecule has 1 aromatic rings. The molecule has 0 amide bonds. The van der Waals surface area contributed by atoms with Crippen molar-refractivity contribution < 1.29 is 9.90 Å². The minimum absolute atomic E-state index is 0.350. The maximum absolute atomic E-state index is 11.3. The minimum Gasteiger partial charge on any atom is -0.481 e. The van der Waals surface area contributed by atoms with E-state index >= 15 is 0 Å². The van der Waals surface area contributed by atoms with Gasteiger partial charge in [-0.3, -0.25) is 4.79 Å². The highest BCUT2D eigenvalue weighted by Gasteiger charge is 2.44. The van der Waals surface area contributed by atoms with Crippen LogP contribution in [0.1, 0.15) is 42.5 Å². The van der Waals surface area contributed by atoms with E-state index in [1.165, 1.54) is 0 Å². The largest absolute Gasteiger partial charge is 0.481 e. The van der Waals surface area contributed by atoms with Crippen LogP contribution < -0.4 is 5.32 Å². The summed E-state index contributed by atoms with van der Waals surface area (Å²) in [6.45, 7) is 0.350. The number of carboxylic acid groups (broad SMARTS) is 1. The van der Waals surface area contributed by atoms with Crippen LogP contribution >= 0.6 is 0 Å². The maximum Gasteiger partial charge on any atom is 0.311 e. The Bertz CT molecular complexity index is 600. The number of fused-ring (bicyclic) bond motifs is 1. The molecule has 5 nitrogen and oxygen atoms in total. The number of aryl methyl sites for hydroxylation is 2. The smallest absolute Gasteiger partial charge is 0.311 e. The van der Waals surface area contributed by atoms with Gasteiger partial charge < -0.3 is 10.4 Å². The number of aromatic nitrogens is 1. The molecule has 1 heterocycles. The SMILES string of the molecule is N#Cc1cc2c(nc1NCC1(C(=O)O)CCC1)CCC2. The van der Waals surface area contributed by atoms with Gasteiger partial charge in [-0.15, -0.1) is 0 Å². The number of carbonyl (C=O) groups is 1. The molecule has 5 heteroatoms. The summed E-state index contributed by atoms with van der Waals surface area (Å²) in [5.41, 5.74) is 2.05. The molecule has 0 radical (unpaired) electrons. The number of aliphatic carboxylic acids is 1. The van der Waals surface area contributed by atoms with E-state index < -0.39 is 11.4 Å². The van der Waals surface area contributed by atoms with Crippen molar-refractivity contribution in [2.75, 3.05) is 11.9 Å². The van der Waals surface area contributed by atoms with Gasteiger partial charge in [0.25, 0.3) is 0 Å². The monoisotopic (exact) mass is 271 g/mol. The molecule has 0 bridgehead atoms. The molecule has 1 fully saturated rings. The lowest BCUT2D eigenvalue weighted by Crippen LogP contribution is -2.43. The number of nitrogens with one attached hydrogen (secondary N) is 1. The molecule has 0 saturated heterocycles. The fourth-order valence-corrected chi connectivity index (χ4v) is 3.01. The van der Waals surface area contributed by atoms with Crippen LogP contribution in [-0.2, 0) is 17.6 Å². The summed E-state index contributed by atoms with van der Waals surface area (Å²) < 4.78 is 0. The van der Waals surface area contributed by atoms with Crippen LogP contribution in [0, 0.1) is 16.7 Å². The average Bonchev–Trinajstić information content (AvgIpc) is 2.82. The molecule has 0 aliphatic heterocycles. The lowest BCUT2D eigenvalue weighted by molar-refractivity contribution is -0.153. The fourth-order valence-electron chi connectivity index (χ4n) is 3.01. The average molecular weight is 271 g/mol. The maximum atomic E-state index is 11.3. The van der Waals surface area contributed by atoms with Crippen molar-refractivity contribution in [3.05, 3.63) is 22.9 Å². The van der Waals surface area contributed by atoms with E-state index in [1.54, 1.807) is 0 Å². The summed E-state index contributed by atoms with van der Waals surface area (Å²) in [7, 11) is 0. The molecule has 2 aliphatic carbocycles. The fraction of sp³-hybridized carbons (Fsp3) is 0.533. The summed E-state index contributed by atoms with van der Waals surface area (Å²) in [5.74, 6) is -0.211. The van der Waals surface area contributed by atoms with E-state index in [1.807, 2.05) is 6.07 Å². The molecule has 1 saturated carbocycles. The first kappa shape index (κ1) is 12.9. The zero-order valence-electron chi connectivity index (χ0n) is 11.3. The summed E-state index contributed by atoms with van der Waals surface area (Å²) in [6, 6.07) is 4.05. The van der Waals surface area contributed by atoms with Crippen molar-refractivity contribution in [2.45, 2.75) is 38.5 Å². The van der Waals surface area contributed by atoms with Crippen LogP contribution in [0.15, 0.2) is 6.07 Å². The number of rotatable bonds is 4. The number of hydrogen-bond donors (Lipinski definition) is 2. The highest BCUT2D eigenvalue weighted by Crippen LogP contribution is 2.41. The predicted molar refractivity (Wildman–Crippen MR) is 73.4 cm³/mol. The molecule has 0 atom stereocenters. The molecular weight excluding hydrogens is 254 g/mol. The highest BCUT2D eigenvalue weighted by molar-refractivity contribution is 5.76. The third-order valence-corrected chi connectivity index (χ3v) is 4.53. The zero-order chi connectivity index (χ0) is 14.2. The van der Waals surface area contributed by atoms with E-state index in [0.717, 1.165) is 36.9 Å². The number of nitriles is 1. The molecule has 104 valence electrons.